The standard InChI is InChI=1S/C13H14N4O3S2/c1-8(2)7-21-13-16-15-12(22-13)14-11(18)9-3-5-10(6-4-9)17(19)20/h3-6,8H,7H2,1-2H3,(H,14,15,18). The Balaban J connectivity index is 1.98. The minimum Gasteiger partial charge on any atom is -0.296 e. The van der Waals surface area contributed by atoms with Gasteiger partial charge in [-0.15, -0.1) is 10.2 Å². The maximum Gasteiger partial charge on any atom is 0.269 e. The Morgan fingerprint density at radius 3 is 2.64 bits per heavy atom. The van der Waals surface area contributed by atoms with Crippen molar-refractivity contribution in [3.63, 3.8) is 0 Å². The molecule has 116 valence electrons. The third-order valence-corrected chi connectivity index (χ3v) is 4.91. The first-order valence-electron chi connectivity index (χ1n) is 6.48. The molecule has 0 radical (unpaired) electrons. The molecule has 0 spiro atoms. The molecule has 9 heteroatoms. The molecule has 0 unspecified atom stereocenters. The van der Waals surface area contributed by atoms with Crippen molar-refractivity contribution in [2.24, 2.45) is 5.92 Å². The number of nitrogens with one attached hydrogen (secondary N) is 1. The van der Waals surface area contributed by atoms with Gasteiger partial charge in [-0.2, -0.15) is 0 Å². The zero-order valence-corrected chi connectivity index (χ0v) is 13.6. The number of thioether (sulfide) groups is 1. The molecule has 1 amide bonds. The third-order valence-electron chi connectivity index (χ3n) is 2.51. The number of hydrogen-bond acceptors (Lipinski definition) is 7. The second-order valence-electron chi connectivity index (χ2n) is 4.84. The quantitative estimate of drug-likeness (QED) is 0.375. The predicted molar refractivity (Wildman–Crippen MR) is 86.5 cm³/mol. The van der Waals surface area contributed by atoms with Crippen molar-refractivity contribution >= 4 is 39.8 Å². The van der Waals surface area contributed by atoms with Gasteiger partial charge >= 0.3 is 0 Å². The predicted octanol–water partition coefficient (Wildman–Crippen LogP) is 3.45. The number of rotatable bonds is 6. The van der Waals surface area contributed by atoms with E-state index in [1.54, 1.807) is 11.8 Å². The highest BCUT2D eigenvalue weighted by molar-refractivity contribution is 8.01. The summed E-state index contributed by atoms with van der Waals surface area (Å²) in [5.41, 5.74) is 0.275. The monoisotopic (exact) mass is 338 g/mol. The summed E-state index contributed by atoms with van der Waals surface area (Å²) in [5.74, 6) is 1.11. The number of nitro groups is 1. The maximum atomic E-state index is 12.0. The number of hydrogen-bond donors (Lipinski definition) is 1. The van der Waals surface area contributed by atoms with Crippen LogP contribution in [-0.4, -0.2) is 26.8 Å². The van der Waals surface area contributed by atoms with E-state index in [1.807, 2.05) is 0 Å². The van der Waals surface area contributed by atoms with Crippen LogP contribution in [0.3, 0.4) is 0 Å². The van der Waals surface area contributed by atoms with Crippen LogP contribution in [0.1, 0.15) is 24.2 Å². The third kappa shape index (κ3) is 4.50. The molecule has 1 aromatic heterocycles. The van der Waals surface area contributed by atoms with Crippen molar-refractivity contribution in [3.8, 4) is 0 Å². The van der Waals surface area contributed by atoms with Gasteiger partial charge in [0.25, 0.3) is 11.6 Å². The van der Waals surface area contributed by atoms with E-state index in [-0.39, 0.29) is 11.6 Å². The van der Waals surface area contributed by atoms with Crippen LogP contribution >= 0.6 is 23.1 Å². The van der Waals surface area contributed by atoms with Gasteiger partial charge in [-0.3, -0.25) is 20.2 Å². The van der Waals surface area contributed by atoms with Gasteiger partial charge in [0.2, 0.25) is 5.13 Å². The number of non-ortho nitro benzene ring substituents is 1. The molecule has 22 heavy (non-hydrogen) atoms. The molecule has 0 aliphatic heterocycles. The summed E-state index contributed by atoms with van der Waals surface area (Å²) < 4.78 is 0.799. The largest absolute Gasteiger partial charge is 0.296 e. The summed E-state index contributed by atoms with van der Waals surface area (Å²) in [7, 11) is 0. The van der Waals surface area contributed by atoms with E-state index in [0.717, 1.165) is 10.1 Å². The second-order valence-corrected chi connectivity index (χ2v) is 7.08. The fourth-order valence-electron chi connectivity index (χ4n) is 1.46. The van der Waals surface area contributed by atoms with E-state index in [2.05, 4.69) is 29.4 Å². The molecule has 1 N–H and O–H groups in total. The number of carbonyl (C=O) groups is 1. The molecule has 0 saturated heterocycles. The van der Waals surface area contributed by atoms with Gasteiger partial charge in [0.15, 0.2) is 4.34 Å². The van der Waals surface area contributed by atoms with E-state index in [9.17, 15) is 14.9 Å². The van der Waals surface area contributed by atoms with Crippen LogP contribution in [0.4, 0.5) is 10.8 Å². The molecule has 0 bridgehead atoms. The smallest absolute Gasteiger partial charge is 0.269 e. The lowest BCUT2D eigenvalue weighted by Gasteiger charge is -2.01. The van der Waals surface area contributed by atoms with Gasteiger partial charge in [0.05, 0.1) is 4.92 Å². The van der Waals surface area contributed by atoms with Crippen LogP contribution < -0.4 is 5.32 Å². The molecular weight excluding hydrogens is 324 g/mol. The van der Waals surface area contributed by atoms with Crippen molar-refractivity contribution in [1.29, 1.82) is 0 Å². The molecular formula is C13H14N4O3S2. The minimum atomic E-state index is -0.509. The van der Waals surface area contributed by atoms with Gasteiger partial charge in [0.1, 0.15) is 0 Å². The summed E-state index contributed by atoms with van der Waals surface area (Å²) in [5, 5.41) is 21.5. The van der Waals surface area contributed by atoms with E-state index in [4.69, 9.17) is 0 Å². The highest BCUT2D eigenvalue weighted by Crippen LogP contribution is 2.27. The molecule has 0 fully saturated rings. The van der Waals surface area contributed by atoms with Crippen LogP contribution in [0.5, 0.6) is 0 Å². The lowest BCUT2D eigenvalue weighted by atomic mass is 10.2. The van der Waals surface area contributed by atoms with Gasteiger partial charge in [0, 0.05) is 23.4 Å². The van der Waals surface area contributed by atoms with E-state index >= 15 is 0 Å². The van der Waals surface area contributed by atoms with Gasteiger partial charge < -0.3 is 0 Å². The summed E-state index contributed by atoms with van der Waals surface area (Å²) in [6.07, 6.45) is 0. The number of benzene rings is 1. The first kappa shape index (κ1) is 16.4. The minimum absolute atomic E-state index is 0.0557. The Labute approximate surface area is 135 Å². The second kappa shape index (κ2) is 7.32. The highest BCUT2D eigenvalue weighted by Gasteiger charge is 2.12. The fourth-order valence-corrected chi connectivity index (χ4v) is 3.18. The first-order chi connectivity index (χ1) is 10.5. The summed E-state index contributed by atoms with van der Waals surface area (Å²) in [6, 6.07) is 5.39. The Hall–Kier alpha value is -2.00. The molecule has 2 rings (SSSR count). The van der Waals surface area contributed by atoms with Crippen molar-refractivity contribution in [3.05, 3.63) is 39.9 Å². The van der Waals surface area contributed by atoms with Crippen LogP contribution in [-0.2, 0) is 0 Å². The lowest BCUT2D eigenvalue weighted by molar-refractivity contribution is -0.384. The van der Waals surface area contributed by atoms with Crippen LogP contribution in [0.25, 0.3) is 0 Å². The average Bonchev–Trinajstić information content (AvgIpc) is 2.92. The lowest BCUT2D eigenvalue weighted by Crippen LogP contribution is -2.11. The van der Waals surface area contributed by atoms with Crippen molar-refractivity contribution in [1.82, 2.24) is 10.2 Å². The number of nitrogens with zero attached hydrogens (tertiary/aromatic N) is 3. The Morgan fingerprint density at radius 2 is 2.05 bits per heavy atom. The van der Waals surface area contributed by atoms with E-state index in [0.29, 0.717) is 16.6 Å². The number of carbonyl (C=O) groups excluding carboxylic acids is 1. The highest BCUT2D eigenvalue weighted by atomic mass is 32.2. The van der Waals surface area contributed by atoms with Crippen LogP contribution in [0, 0.1) is 16.0 Å². The summed E-state index contributed by atoms with van der Waals surface area (Å²) >= 11 is 2.90. The molecule has 2 aromatic rings. The molecule has 0 aliphatic carbocycles. The zero-order valence-electron chi connectivity index (χ0n) is 12.0. The van der Waals surface area contributed by atoms with E-state index < -0.39 is 4.92 Å². The normalized spacial score (nSPS) is 10.7. The fraction of sp³-hybridized carbons (Fsp3) is 0.308. The van der Waals surface area contributed by atoms with Crippen molar-refractivity contribution in [2.45, 2.75) is 18.2 Å². The van der Waals surface area contributed by atoms with Gasteiger partial charge in [-0.05, 0) is 18.1 Å². The van der Waals surface area contributed by atoms with Crippen molar-refractivity contribution in [2.75, 3.05) is 11.1 Å². The van der Waals surface area contributed by atoms with Gasteiger partial charge in [-0.25, -0.2) is 0 Å². The zero-order chi connectivity index (χ0) is 16.1. The number of aromatic nitrogens is 2. The summed E-state index contributed by atoms with van der Waals surface area (Å²) in [4.78, 5) is 22.1. The number of anilines is 1. The molecule has 0 aliphatic rings. The molecule has 1 aromatic carbocycles. The molecule has 0 saturated carbocycles. The Morgan fingerprint density at radius 1 is 1.36 bits per heavy atom. The molecule has 0 atom stereocenters. The Kier molecular flexibility index (Phi) is 5.45. The van der Waals surface area contributed by atoms with Crippen LogP contribution in [0.2, 0.25) is 0 Å². The molecule has 7 nitrogen and oxygen atoms in total. The topological polar surface area (TPSA) is 98.0 Å². The van der Waals surface area contributed by atoms with Crippen molar-refractivity contribution < 1.29 is 9.72 Å². The first-order valence-corrected chi connectivity index (χ1v) is 8.28. The van der Waals surface area contributed by atoms with Gasteiger partial charge in [-0.1, -0.05) is 36.9 Å². The number of nitro benzene ring substituents is 1. The summed E-state index contributed by atoms with van der Waals surface area (Å²) in [6.45, 7) is 4.23. The van der Waals surface area contributed by atoms with Crippen LogP contribution in [0.15, 0.2) is 28.6 Å². The maximum absolute atomic E-state index is 12.0. The number of amides is 1. The molecule has 1 heterocycles. The SMILES string of the molecule is CC(C)CSc1nnc(NC(=O)c2ccc([N+](=O)[O-])cc2)s1. The average molecular weight is 338 g/mol. The Bertz CT molecular complexity index is 670. The van der Waals surface area contributed by atoms with E-state index in [1.165, 1.54) is 35.6 Å².